The van der Waals surface area contributed by atoms with E-state index in [1.807, 2.05) is 6.92 Å². The fraction of sp³-hybridized carbons (Fsp3) is 0.368. The molecule has 0 bridgehead atoms. The maximum atomic E-state index is 6.44. The molecule has 23 heavy (non-hydrogen) atoms. The van der Waals surface area contributed by atoms with Crippen LogP contribution in [0.1, 0.15) is 57.3 Å². The van der Waals surface area contributed by atoms with E-state index in [-0.39, 0.29) is 5.92 Å². The van der Waals surface area contributed by atoms with Gasteiger partial charge in [-0.1, -0.05) is 6.92 Å². The van der Waals surface area contributed by atoms with Crippen molar-refractivity contribution in [1.82, 2.24) is 0 Å². The second-order valence-corrected chi connectivity index (χ2v) is 7.82. The normalized spacial score (nSPS) is 16.2. The number of nitrogens with two attached hydrogens (primary N) is 3. The van der Waals surface area contributed by atoms with Crippen LogP contribution in [0.2, 0.25) is 0 Å². The van der Waals surface area contributed by atoms with Gasteiger partial charge >= 0.3 is 0 Å². The molecule has 4 heteroatoms. The zero-order valence-corrected chi connectivity index (χ0v) is 16.6. The minimum atomic E-state index is 0.239. The fourth-order valence-corrected chi connectivity index (χ4v) is 4.75. The average molecular weight is 421 g/mol. The highest BCUT2D eigenvalue weighted by Crippen LogP contribution is 2.48. The van der Waals surface area contributed by atoms with E-state index in [2.05, 4.69) is 50.3 Å². The molecule has 2 aromatic rings. The predicted molar refractivity (Wildman–Crippen MR) is 108 cm³/mol. The van der Waals surface area contributed by atoms with Gasteiger partial charge in [0.15, 0.2) is 0 Å². The summed E-state index contributed by atoms with van der Waals surface area (Å²) < 4.78 is 1.35. The Morgan fingerprint density at radius 1 is 0.739 bits per heavy atom. The lowest BCUT2D eigenvalue weighted by atomic mass is 9.73. The number of rotatable bonds is 0. The molecule has 1 atom stereocenters. The summed E-state index contributed by atoms with van der Waals surface area (Å²) in [5, 5.41) is 0. The van der Waals surface area contributed by atoms with Gasteiger partial charge in [-0.05, 0) is 94.8 Å². The summed E-state index contributed by atoms with van der Waals surface area (Å²) in [7, 11) is 0. The highest BCUT2D eigenvalue weighted by molar-refractivity contribution is 14.1. The third-order valence-corrected chi connectivity index (χ3v) is 7.28. The van der Waals surface area contributed by atoms with E-state index in [1.165, 1.54) is 37.0 Å². The minimum Gasteiger partial charge on any atom is -0.398 e. The van der Waals surface area contributed by atoms with E-state index in [0.717, 1.165) is 23.2 Å². The van der Waals surface area contributed by atoms with Gasteiger partial charge < -0.3 is 17.2 Å². The number of benzene rings is 2. The van der Waals surface area contributed by atoms with Crippen molar-refractivity contribution >= 4 is 39.7 Å². The Kier molecular flexibility index (Phi) is 3.78. The van der Waals surface area contributed by atoms with Crippen LogP contribution in [0.15, 0.2) is 0 Å². The molecule has 0 fully saturated rings. The Bertz CT molecular complexity index is 784. The Morgan fingerprint density at radius 3 is 1.96 bits per heavy atom. The molecule has 0 heterocycles. The molecular weight excluding hydrogens is 397 g/mol. The predicted octanol–water partition coefficient (Wildman–Crippen LogP) is 4.33. The van der Waals surface area contributed by atoms with E-state index in [4.69, 9.17) is 17.2 Å². The van der Waals surface area contributed by atoms with Gasteiger partial charge in [-0.15, -0.1) is 0 Å². The minimum absolute atomic E-state index is 0.239. The standard InChI is InChI=1S/C19H24IN3/c1-7-8(2)16(20)10(4)14-9(3)15-13(6-12(7)14)19(23)18(22)11(5)17(15)21/h9H,6,21-23H2,1-5H3/t9-/m0/s1. The van der Waals surface area contributed by atoms with Crippen LogP contribution in [0.3, 0.4) is 0 Å². The lowest BCUT2D eigenvalue weighted by molar-refractivity contribution is 0.828. The molecule has 0 spiro atoms. The third-order valence-electron chi connectivity index (χ3n) is 5.66. The maximum Gasteiger partial charge on any atom is 0.0601 e. The van der Waals surface area contributed by atoms with Crippen LogP contribution in [0.5, 0.6) is 0 Å². The third kappa shape index (κ3) is 2.07. The van der Waals surface area contributed by atoms with Gasteiger partial charge in [-0.2, -0.15) is 0 Å². The van der Waals surface area contributed by atoms with Crippen molar-refractivity contribution in [3.63, 3.8) is 0 Å². The first-order chi connectivity index (χ1) is 10.7. The number of fused-ring (bicyclic) bond motifs is 2. The van der Waals surface area contributed by atoms with Crippen LogP contribution in [0, 0.1) is 31.3 Å². The van der Waals surface area contributed by atoms with Gasteiger partial charge in [0.2, 0.25) is 0 Å². The van der Waals surface area contributed by atoms with Gasteiger partial charge in [-0.3, -0.25) is 0 Å². The van der Waals surface area contributed by atoms with Gasteiger partial charge in [0, 0.05) is 21.6 Å². The second kappa shape index (κ2) is 5.30. The molecule has 0 aromatic heterocycles. The van der Waals surface area contributed by atoms with Crippen molar-refractivity contribution in [2.45, 2.75) is 47.0 Å². The van der Waals surface area contributed by atoms with Gasteiger partial charge in [0.1, 0.15) is 0 Å². The first-order valence-electron chi connectivity index (χ1n) is 7.92. The number of hydrogen-bond acceptors (Lipinski definition) is 3. The molecule has 0 amide bonds. The zero-order valence-electron chi connectivity index (χ0n) is 14.4. The first-order valence-corrected chi connectivity index (χ1v) is 9.00. The van der Waals surface area contributed by atoms with E-state index in [0.29, 0.717) is 11.4 Å². The monoisotopic (exact) mass is 421 g/mol. The van der Waals surface area contributed by atoms with Crippen LogP contribution < -0.4 is 17.2 Å². The van der Waals surface area contributed by atoms with Crippen LogP contribution in [0.4, 0.5) is 17.1 Å². The molecule has 0 unspecified atom stereocenters. The zero-order chi connectivity index (χ0) is 17.2. The summed E-state index contributed by atoms with van der Waals surface area (Å²) in [5.74, 6) is 0.239. The van der Waals surface area contributed by atoms with Crippen molar-refractivity contribution in [3.8, 4) is 0 Å². The molecule has 0 saturated carbocycles. The van der Waals surface area contributed by atoms with E-state index in [1.54, 1.807) is 0 Å². The Hall–Kier alpha value is -1.43. The van der Waals surface area contributed by atoms with E-state index in [9.17, 15) is 0 Å². The van der Waals surface area contributed by atoms with Gasteiger partial charge in [0.05, 0.1) is 11.4 Å². The van der Waals surface area contributed by atoms with Crippen molar-refractivity contribution in [2.24, 2.45) is 0 Å². The largest absolute Gasteiger partial charge is 0.398 e. The molecule has 0 aliphatic heterocycles. The molecule has 2 aromatic carbocycles. The molecule has 1 aliphatic carbocycles. The summed E-state index contributed by atoms with van der Waals surface area (Å²) in [6.45, 7) is 10.8. The molecule has 0 radical (unpaired) electrons. The maximum absolute atomic E-state index is 6.44. The number of anilines is 3. The SMILES string of the molecule is Cc1c(N)c(N)c2c(c1N)[C@@H](C)c1c(C)c(I)c(C)c(C)c1C2. The Labute approximate surface area is 151 Å². The fourth-order valence-electron chi connectivity index (χ4n) is 4.06. The topological polar surface area (TPSA) is 78.1 Å². The summed E-state index contributed by atoms with van der Waals surface area (Å²) in [6, 6.07) is 0. The lowest BCUT2D eigenvalue weighted by Gasteiger charge is -2.33. The van der Waals surface area contributed by atoms with Crippen molar-refractivity contribution in [3.05, 3.63) is 48.1 Å². The quantitative estimate of drug-likeness (QED) is 0.438. The number of hydrogen-bond donors (Lipinski definition) is 3. The second-order valence-electron chi connectivity index (χ2n) is 6.74. The average Bonchev–Trinajstić information content (AvgIpc) is 2.53. The first kappa shape index (κ1) is 16.4. The van der Waals surface area contributed by atoms with E-state index >= 15 is 0 Å². The molecule has 3 rings (SSSR count). The van der Waals surface area contributed by atoms with Gasteiger partial charge in [0.25, 0.3) is 0 Å². The van der Waals surface area contributed by atoms with Crippen molar-refractivity contribution < 1.29 is 0 Å². The summed E-state index contributed by atoms with van der Waals surface area (Å²) in [4.78, 5) is 0. The summed E-state index contributed by atoms with van der Waals surface area (Å²) >= 11 is 2.46. The van der Waals surface area contributed by atoms with Crippen LogP contribution in [0.25, 0.3) is 0 Å². The molecule has 122 valence electrons. The van der Waals surface area contributed by atoms with Crippen molar-refractivity contribution in [1.29, 1.82) is 0 Å². The Morgan fingerprint density at radius 2 is 1.35 bits per heavy atom. The number of nitrogen functional groups attached to an aromatic ring is 3. The highest BCUT2D eigenvalue weighted by atomic mass is 127. The molecule has 3 nitrogen and oxygen atoms in total. The molecule has 0 saturated heterocycles. The molecule has 1 aliphatic rings. The van der Waals surface area contributed by atoms with E-state index < -0.39 is 0 Å². The van der Waals surface area contributed by atoms with Crippen LogP contribution >= 0.6 is 22.6 Å². The van der Waals surface area contributed by atoms with Crippen molar-refractivity contribution in [2.75, 3.05) is 17.2 Å². The number of halogens is 1. The van der Waals surface area contributed by atoms with Crippen LogP contribution in [-0.4, -0.2) is 0 Å². The van der Waals surface area contributed by atoms with Gasteiger partial charge in [-0.25, -0.2) is 0 Å². The summed E-state index contributed by atoms with van der Waals surface area (Å²) in [6.07, 6.45) is 0.819. The molecular formula is C19H24IN3. The smallest absolute Gasteiger partial charge is 0.0601 e. The Balaban J connectivity index is 2.40. The summed E-state index contributed by atoms with van der Waals surface area (Å²) in [5.41, 5.74) is 31.3. The van der Waals surface area contributed by atoms with Crippen LogP contribution in [-0.2, 0) is 6.42 Å². The molecule has 6 N–H and O–H groups in total. The lowest BCUT2D eigenvalue weighted by Crippen LogP contribution is -2.21. The highest BCUT2D eigenvalue weighted by Gasteiger charge is 2.31.